The average molecular weight is 251 g/mol. The highest BCUT2D eigenvalue weighted by Crippen LogP contribution is 2.24. The Kier molecular flexibility index (Phi) is 3.71. The highest BCUT2D eigenvalue weighted by Gasteiger charge is 2.03. The number of rotatable bonds is 3. The Morgan fingerprint density at radius 1 is 1.18 bits per heavy atom. The molecule has 0 aliphatic heterocycles. The Labute approximate surface area is 104 Å². The molecule has 1 aromatic carbocycles. The van der Waals surface area contributed by atoms with E-state index in [2.05, 4.69) is 10.3 Å². The molecule has 1 N–H and O–H groups in total. The molecule has 2 aromatic rings. The predicted molar refractivity (Wildman–Crippen MR) is 67.4 cm³/mol. The molecule has 0 unspecified atom stereocenters. The van der Waals surface area contributed by atoms with Crippen molar-refractivity contribution in [1.82, 2.24) is 10.3 Å². The molecule has 2 rings (SSSR count). The highest BCUT2D eigenvalue weighted by atomic mass is 35.5. The first kappa shape index (κ1) is 12.0. The lowest BCUT2D eigenvalue weighted by atomic mass is 10.1. The van der Waals surface area contributed by atoms with Crippen LogP contribution in [0.3, 0.4) is 0 Å². The summed E-state index contributed by atoms with van der Waals surface area (Å²) >= 11 is 5.83. The summed E-state index contributed by atoms with van der Waals surface area (Å²) in [4.78, 5) is 4.13. The number of nitrogens with zero attached hydrogens (tertiary/aromatic N) is 1. The zero-order valence-corrected chi connectivity index (χ0v) is 10.1. The summed E-state index contributed by atoms with van der Waals surface area (Å²) in [5.74, 6) is -0.341. The van der Waals surface area contributed by atoms with Crippen LogP contribution in [0.4, 0.5) is 4.39 Å². The lowest BCUT2D eigenvalue weighted by Gasteiger charge is -2.05. The van der Waals surface area contributed by atoms with E-state index >= 15 is 0 Å². The van der Waals surface area contributed by atoms with Crippen LogP contribution in [0.1, 0.15) is 5.56 Å². The van der Waals surface area contributed by atoms with E-state index in [0.717, 1.165) is 23.2 Å². The number of nitrogens with one attached hydrogen (secondary N) is 1. The van der Waals surface area contributed by atoms with Crippen LogP contribution in [0, 0.1) is 5.82 Å². The van der Waals surface area contributed by atoms with Gasteiger partial charge in [0.25, 0.3) is 0 Å². The molecule has 0 aliphatic carbocycles. The first-order chi connectivity index (χ1) is 8.19. The van der Waals surface area contributed by atoms with Gasteiger partial charge in [0.2, 0.25) is 0 Å². The van der Waals surface area contributed by atoms with Gasteiger partial charge in [-0.2, -0.15) is 0 Å². The van der Waals surface area contributed by atoms with E-state index < -0.39 is 0 Å². The monoisotopic (exact) mass is 250 g/mol. The molecule has 17 heavy (non-hydrogen) atoms. The van der Waals surface area contributed by atoms with Gasteiger partial charge in [-0.1, -0.05) is 11.6 Å². The maximum atomic E-state index is 13.2. The summed E-state index contributed by atoms with van der Waals surface area (Å²) in [7, 11) is 1.87. The molecule has 0 saturated heterocycles. The summed E-state index contributed by atoms with van der Waals surface area (Å²) in [6.45, 7) is 0.726. The van der Waals surface area contributed by atoms with Crippen LogP contribution in [-0.4, -0.2) is 12.0 Å². The van der Waals surface area contributed by atoms with E-state index in [1.165, 1.54) is 12.1 Å². The van der Waals surface area contributed by atoms with E-state index in [4.69, 9.17) is 11.6 Å². The topological polar surface area (TPSA) is 24.9 Å². The number of pyridine rings is 1. The number of halogens is 2. The standard InChI is InChI=1S/C13H12ClFN2/c1-16-6-9-2-11(8-17-7-9)10-3-12(14)5-13(15)4-10/h2-5,7-8,16H,6H2,1H3. The van der Waals surface area contributed by atoms with Crippen LogP contribution >= 0.6 is 11.6 Å². The summed E-state index contributed by atoms with van der Waals surface area (Å²) in [6.07, 6.45) is 3.48. The fraction of sp³-hybridized carbons (Fsp3) is 0.154. The molecule has 4 heteroatoms. The lowest BCUT2D eigenvalue weighted by molar-refractivity contribution is 0.628. The third-order valence-corrected chi connectivity index (χ3v) is 2.59. The lowest BCUT2D eigenvalue weighted by Crippen LogP contribution is -2.05. The maximum absolute atomic E-state index is 13.2. The van der Waals surface area contributed by atoms with Crippen molar-refractivity contribution < 1.29 is 4.39 Å². The summed E-state index contributed by atoms with van der Waals surface area (Å²) in [6, 6.07) is 6.43. The van der Waals surface area contributed by atoms with E-state index in [-0.39, 0.29) is 5.82 Å². The van der Waals surface area contributed by atoms with E-state index in [1.54, 1.807) is 18.5 Å². The fourth-order valence-corrected chi connectivity index (χ4v) is 1.89. The van der Waals surface area contributed by atoms with Gasteiger partial charge >= 0.3 is 0 Å². The molecule has 0 aliphatic rings. The Morgan fingerprint density at radius 2 is 2.00 bits per heavy atom. The molecule has 0 saturated carbocycles. The first-order valence-electron chi connectivity index (χ1n) is 5.24. The first-order valence-corrected chi connectivity index (χ1v) is 5.62. The number of benzene rings is 1. The molecule has 0 amide bonds. The Balaban J connectivity index is 2.41. The number of hydrogen-bond acceptors (Lipinski definition) is 2. The molecule has 88 valence electrons. The molecule has 2 nitrogen and oxygen atoms in total. The normalized spacial score (nSPS) is 10.5. The van der Waals surface area contributed by atoms with Crippen molar-refractivity contribution in [3.8, 4) is 11.1 Å². The molecule has 1 aromatic heterocycles. The van der Waals surface area contributed by atoms with Gasteiger partial charge in [0, 0.05) is 29.5 Å². The quantitative estimate of drug-likeness (QED) is 0.905. The zero-order valence-electron chi connectivity index (χ0n) is 9.37. The van der Waals surface area contributed by atoms with Crippen molar-refractivity contribution >= 4 is 11.6 Å². The van der Waals surface area contributed by atoms with Crippen molar-refractivity contribution in [3.05, 3.63) is 53.1 Å². The second-order valence-corrected chi connectivity index (χ2v) is 4.21. The molecule has 0 atom stereocenters. The second-order valence-electron chi connectivity index (χ2n) is 3.77. The molecule has 0 bridgehead atoms. The summed E-state index contributed by atoms with van der Waals surface area (Å²) in [5.41, 5.74) is 2.64. The molecular formula is C13H12ClFN2. The predicted octanol–water partition coefficient (Wildman–Crippen LogP) is 3.26. The van der Waals surface area contributed by atoms with Gasteiger partial charge in [-0.25, -0.2) is 4.39 Å². The van der Waals surface area contributed by atoms with Crippen LogP contribution < -0.4 is 5.32 Å². The maximum Gasteiger partial charge on any atom is 0.125 e. The van der Waals surface area contributed by atoms with E-state index in [0.29, 0.717) is 5.02 Å². The van der Waals surface area contributed by atoms with Gasteiger partial charge < -0.3 is 5.32 Å². The van der Waals surface area contributed by atoms with Crippen LogP contribution in [0.5, 0.6) is 0 Å². The molecule has 1 heterocycles. The molecule has 0 radical (unpaired) electrons. The van der Waals surface area contributed by atoms with Gasteiger partial charge in [-0.05, 0) is 42.4 Å². The number of aromatic nitrogens is 1. The van der Waals surface area contributed by atoms with Crippen LogP contribution in [0.25, 0.3) is 11.1 Å². The number of hydrogen-bond donors (Lipinski definition) is 1. The molecular weight excluding hydrogens is 239 g/mol. The van der Waals surface area contributed by atoms with E-state index in [1.807, 2.05) is 13.1 Å². The largest absolute Gasteiger partial charge is 0.316 e. The van der Waals surface area contributed by atoms with Crippen LogP contribution in [0.15, 0.2) is 36.7 Å². The fourth-order valence-electron chi connectivity index (χ4n) is 1.67. The van der Waals surface area contributed by atoms with Crippen molar-refractivity contribution in [2.24, 2.45) is 0 Å². The van der Waals surface area contributed by atoms with Crippen molar-refractivity contribution in [1.29, 1.82) is 0 Å². The molecule has 0 fully saturated rings. The third kappa shape index (κ3) is 3.02. The van der Waals surface area contributed by atoms with Gasteiger partial charge in [-0.15, -0.1) is 0 Å². The minimum absolute atomic E-state index is 0.341. The Hall–Kier alpha value is -1.45. The Morgan fingerprint density at radius 3 is 2.71 bits per heavy atom. The van der Waals surface area contributed by atoms with E-state index in [9.17, 15) is 4.39 Å². The second kappa shape index (κ2) is 5.25. The van der Waals surface area contributed by atoms with Crippen LogP contribution in [-0.2, 0) is 6.54 Å². The van der Waals surface area contributed by atoms with Crippen molar-refractivity contribution in [2.45, 2.75) is 6.54 Å². The van der Waals surface area contributed by atoms with Gasteiger partial charge in [0.05, 0.1) is 0 Å². The minimum Gasteiger partial charge on any atom is -0.316 e. The minimum atomic E-state index is -0.341. The van der Waals surface area contributed by atoms with Gasteiger partial charge in [-0.3, -0.25) is 4.98 Å². The van der Waals surface area contributed by atoms with Crippen LogP contribution in [0.2, 0.25) is 5.02 Å². The SMILES string of the molecule is CNCc1cncc(-c2cc(F)cc(Cl)c2)c1. The Bertz CT molecular complexity index is 508. The van der Waals surface area contributed by atoms with Crippen molar-refractivity contribution in [3.63, 3.8) is 0 Å². The third-order valence-electron chi connectivity index (χ3n) is 2.37. The van der Waals surface area contributed by atoms with Crippen molar-refractivity contribution in [2.75, 3.05) is 7.05 Å². The highest BCUT2D eigenvalue weighted by molar-refractivity contribution is 6.30. The summed E-state index contributed by atoms with van der Waals surface area (Å²) in [5, 5.41) is 3.43. The smallest absolute Gasteiger partial charge is 0.125 e. The van der Waals surface area contributed by atoms with Gasteiger partial charge in [0.1, 0.15) is 5.82 Å². The average Bonchev–Trinajstić information content (AvgIpc) is 2.28. The molecule has 0 spiro atoms. The summed E-state index contributed by atoms with van der Waals surface area (Å²) < 4.78 is 13.2. The zero-order chi connectivity index (χ0) is 12.3. The van der Waals surface area contributed by atoms with Gasteiger partial charge in [0.15, 0.2) is 0 Å².